The van der Waals surface area contributed by atoms with Crippen molar-refractivity contribution in [1.82, 2.24) is 4.57 Å². The van der Waals surface area contributed by atoms with E-state index in [9.17, 15) is 4.79 Å². The van der Waals surface area contributed by atoms with E-state index in [1.165, 1.54) is 0 Å². The molecule has 100 valence electrons. The Morgan fingerprint density at radius 2 is 2.28 bits per heavy atom. The number of rotatable bonds is 7. The van der Waals surface area contributed by atoms with Crippen LogP contribution < -0.4 is 16.0 Å². The Morgan fingerprint density at radius 3 is 2.89 bits per heavy atom. The van der Waals surface area contributed by atoms with Gasteiger partial charge in [0.25, 0.3) is 5.56 Å². The molecule has 0 bridgehead atoms. The second-order valence-corrected chi connectivity index (χ2v) is 5.14. The van der Waals surface area contributed by atoms with Crippen LogP contribution in [0.15, 0.2) is 23.1 Å². The summed E-state index contributed by atoms with van der Waals surface area (Å²) in [5, 5.41) is 0. The fourth-order valence-electron chi connectivity index (χ4n) is 1.44. The molecule has 0 aliphatic heterocycles. The van der Waals surface area contributed by atoms with Crippen molar-refractivity contribution in [3.05, 3.63) is 28.7 Å². The zero-order chi connectivity index (χ0) is 13.5. The van der Waals surface area contributed by atoms with Crippen molar-refractivity contribution in [2.24, 2.45) is 11.7 Å². The highest BCUT2D eigenvalue weighted by Crippen LogP contribution is 2.05. The molecule has 0 unspecified atom stereocenters. The maximum atomic E-state index is 12.0. The SMILES string of the molecule is CC(C)CCOc1cccn(CCC(N)=S)c1=O. The molecule has 0 amide bonds. The van der Waals surface area contributed by atoms with Crippen LogP contribution in [0.3, 0.4) is 0 Å². The lowest BCUT2D eigenvalue weighted by Crippen LogP contribution is -2.24. The zero-order valence-electron chi connectivity index (χ0n) is 10.9. The van der Waals surface area contributed by atoms with Crippen molar-refractivity contribution in [2.45, 2.75) is 33.2 Å². The van der Waals surface area contributed by atoms with Gasteiger partial charge in [0.1, 0.15) is 0 Å². The predicted octanol–water partition coefficient (Wildman–Crippen LogP) is 1.95. The minimum atomic E-state index is -0.127. The number of thiocarbonyl (C=S) groups is 1. The number of ether oxygens (including phenoxy) is 1. The van der Waals surface area contributed by atoms with E-state index in [4.69, 9.17) is 22.7 Å². The quantitative estimate of drug-likeness (QED) is 0.768. The second kappa shape index (κ2) is 7.16. The van der Waals surface area contributed by atoms with Crippen LogP contribution in [-0.2, 0) is 6.54 Å². The number of aryl methyl sites for hydroxylation is 1. The molecule has 1 heterocycles. The van der Waals surface area contributed by atoms with E-state index in [1.807, 2.05) is 0 Å². The fourth-order valence-corrected chi connectivity index (χ4v) is 1.53. The van der Waals surface area contributed by atoms with Crippen molar-refractivity contribution in [2.75, 3.05) is 6.61 Å². The number of aromatic nitrogens is 1. The molecule has 1 aromatic rings. The van der Waals surface area contributed by atoms with E-state index in [2.05, 4.69) is 13.8 Å². The molecule has 0 aliphatic carbocycles. The molecular weight excluding hydrogens is 248 g/mol. The molecule has 4 nitrogen and oxygen atoms in total. The van der Waals surface area contributed by atoms with Crippen LogP contribution in [0.2, 0.25) is 0 Å². The van der Waals surface area contributed by atoms with Gasteiger partial charge in [-0.15, -0.1) is 0 Å². The monoisotopic (exact) mass is 268 g/mol. The Morgan fingerprint density at radius 1 is 1.56 bits per heavy atom. The molecular formula is C13H20N2O2S. The summed E-state index contributed by atoms with van der Waals surface area (Å²) in [7, 11) is 0. The summed E-state index contributed by atoms with van der Waals surface area (Å²) in [6.45, 7) is 5.30. The van der Waals surface area contributed by atoms with E-state index >= 15 is 0 Å². The number of nitrogens with zero attached hydrogens (tertiary/aromatic N) is 1. The molecule has 1 aromatic heterocycles. The molecule has 0 fully saturated rings. The van der Waals surface area contributed by atoms with Gasteiger partial charge >= 0.3 is 0 Å². The van der Waals surface area contributed by atoms with Gasteiger partial charge in [-0.25, -0.2) is 0 Å². The molecule has 1 rings (SSSR count). The summed E-state index contributed by atoms with van der Waals surface area (Å²) < 4.78 is 7.07. The molecule has 0 saturated heterocycles. The Bertz CT molecular complexity index is 455. The van der Waals surface area contributed by atoms with Gasteiger partial charge in [-0.2, -0.15) is 0 Å². The van der Waals surface area contributed by atoms with Crippen molar-refractivity contribution in [3.63, 3.8) is 0 Å². The summed E-state index contributed by atoms with van der Waals surface area (Å²) in [6.07, 6.45) is 3.17. The van der Waals surface area contributed by atoms with Gasteiger partial charge in [-0.05, 0) is 24.5 Å². The maximum absolute atomic E-state index is 12.0. The van der Waals surface area contributed by atoms with E-state index < -0.39 is 0 Å². The maximum Gasteiger partial charge on any atom is 0.292 e. The van der Waals surface area contributed by atoms with Gasteiger partial charge in [0.2, 0.25) is 0 Å². The molecule has 0 radical (unpaired) electrons. The Kier molecular flexibility index (Phi) is 5.85. The second-order valence-electron chi connectivity index (χ2n) is 4.62. The largest absolute Gasteiger partial charge is 0.488 e. The van der Waals surface area contributed by atoms with E-state index in [0.29, 0.717) is 36.2 Å². The smallest absolute Gasteiger partial charge is 0.292 e. The van der Waals surface area contributed by atoms with Crippen LogP contribution in [0.1, 0.15) is 26.7 Å². The third-order valence-electron chi connectivity index (χ3n) is 2.54. The standard InChI is InChI=1S/C13H20N2O2S/c1-10(2)6-9-17-11-4-3-7-15(13(11)16)8-5-12(14)18/h3-4,7,10H,5-6,8-9H2,1-2H3,(H2,14,18). The van der Waals surface area contributed by atoms with E-state index in [0.717, 1.165) is 6.42 Å². The molecule has 0 atom stereocenters. The Balaban J connectivity index is 2.66. The summed E-state index contributed by atoms with van der Waals surface area (Å²) in [5.74, 6) is 0.951. The van der Waals surface area contributed by atoms with Crippen LogP contribution in [0.5, 0.6) is 5.75 Å². The first-order chi connectivity index (χ1) is 8.50. The fraction of sp³-hybridized carbons (Fsp3) is 0.538. The van der Waals surface area contributed by atoms with Gasteiger partial charge in [0.15, 0.2) is 5.75 Å². The summed E-state index contributed by atoms with van der Waals surface area (Å²) in [4.78, 5) is 12.4. The summed E-state index contributed by atoms with van der Waals surface area (Å²) >= 11 is 4.80. The van der Waals surface area contributed by atoms with Gasteiger partial charge < -0.3 is 15.0 Å². The normalized spacial score (nSPS) is 10.6. The zero-order valence-corrected chi connectivity index (χ0v) is 11.7. The average molecular weight is 268 g/mol. The van der Waals surface area contributed by atoms with Crippen LogP contribution in [0.25, 0.3) is 0 Å². The first-order valence-corrected chi connectivity index (χ1v) is 6.52. The molecule has 2 N–H and O–H groups in total. The first kappa shape index (κ1) is 14.7. The third kappa shape index (κ3) is 4.87. The van der Waals surface area contributed by atoms with Crippen molar-refractivity contribution < 1.29 is 4.74 Å². The number of pyridine rings is 1. The van der Waals surface area contributed by atoms with E-state index in [1.54, 1.807) is 22.9 Å². The minimum Gasteiger partial charge on any atom is -0.488 e. The molecule has 18 heavy (non-hydrogen) atoms. The van der Waals surface area contributed by atoms with Crippen molar-refractivity contribution >= 4 is 17.2 Å². The highest BCUT2D eigenvalue weighted by Gasteiger charge is 2.05. The molecule has 0 spiro atoms. The Labute approximate surface area is 113 Å². The highest BCUT2D eigenvalue weighted by molar-refractivity contribution is 7.80. The lowest BCUT2D eigenvalue weighted by Gasteiger charge is -2.10. The predicted molar refractivity (Wildman–Crippen MR) is 77.1 cm³/mol. The number of nitrogens with two attached hydrogens (primary N) is 1. The molecule has 0 saturated carbocycles. The lowest BCUT2D eigenvalue weighted by molar-refractivity contribution is 0.284. The number of hydrogen-bond acceptors (Lipinski definition) is 3. The minimum absolute atomic E-state index is 0.127. The van der Waals surface area contributed by atoms with Crippen LogP contribution in [0.4, 0.5) is 0 Å². The highest BCUT2D eigenvalue weighted by atomic mass is 32.1. The van der Waals surface area contributed by atoms with Crippen LogP contribution in [-0.4, -0.2) is 16.2 Å². The summed E-state index contributed by atoms with van der Waals surface area (Å²) in [6, 6.07) is 3.49. The average Bonchev–Trinajstić information content (AvgIpc) is 2.29. The molecule has 0 aliphatic rings. The van der Waals surface area contributed by atoms with Gasteiger partial charge in [-0.1, -0.05) is 26.1 Å². The third-order valence-corrected chi connectivity index (χ3v) is 2.74. The lowest BCUT2D eigenvalue weighted by atomic mass is 10.1. The Hall–Kier alpha value is -1.36. The van der Waals surface area contributed by atoms with Crippen LogP contribution in [0, 0.1) is 5.92 Å². The van der Waals surface area contributed by atoms with Crippen molar-refractivity contribution in [3.8, 4) is 5.75 Å². The molecule has 5 heteroatoms. The van der Waals surface area contributed by atoms with E-state index in [-0.39, 0.29) is 5.56 Å². The van der Waals surface area contributed by atoms with Crippen LogP contribution >= 0.6 is 12.2 Å². The number of hydrogen-bond donors (Lipinski definition) is 1. The topological polar surface area (TPSA) is 57.2 Å². The first-order valence-electron chi connectivity index (χ1n) is 6.11. The van der Waals surface area contributed by atoms with Gasteiger partial charge in [0, 0.05) is 19.2 Å². The van der Waals surface area contributed by atoms with Crippen molar-refractivity contribution in [1.29, 1.82) is 0 Å². The van der Waals surface area contributed by atoms with Gasteiger partial charge in [0.05, 0.1) is 11.6 Å². The van der Waals surface area contributed by atoms with Gasteiger partial charge in [-0.3, -0.25) is 4.79 Å². The molecule has 0 aromatic carbocycles. The summed E-state index contributed by atoms with van der Waals surface area (Å²) in [5.41, 5.74) is 5.30.